The summed E-state index contributed by atoms with van der Waals surface area (Å²) < 4.78 is 2.90. The molecule has 3 rings (SSSR count). The van der Waals surface area contributed by atoms with Crippen molar-refractivity contribution in [2.45, 2.75) is 20.0 Å². The molecule has 0 saturated carbocycles. The number of hydrogen-bond donors (Lipinski definition) is 2. The van der Waals surface area contributed by atoms with E-state index < -0.39 is 0 Å². The Balaban J connectivity index is 0.00000243. The van der Waals surface area contributed by atoms with Crippen LogP contribution < -0.4 is 10.6 Å². The minimum absolute atomic E-state index is 0. The molecular weight excluding hydrogens is 530 g/mol. The summed E-state index contributed by atoms with van der Waals surface area (Å²) in [6.07, 6.45) is 1.94. The SMILES string of the molecule is CCNC(=NCc1ccc(Br)cc1Cl)NCc1nnc2ccccn12.I. The van der Waals surface area contributed by atoms with Gasteiger partial charge < -0.3 is 10.6 Å². The normalized spacial score (nSPS) is 11.3. The van der Waals surface area contributed by atoms with Crippen LogP contribution in [0.4, 0.5) is 0 Å². The van der Waals surface area contributed by atoms with Crippen molar-refractivity contribution >= 4 is 63.1 Å². The quantitative estimate of drug-likeness (QED) is 0.287. The number of nitrogens with zero attached hydrogens (tertiary/aromatic N) is 4. The van der Waals surface area contributed by atoms with Gasteiger partial charge in [-0.2, -0.15) is 0 Å². The second-order valence-corrected chi connectivity index (χ2v) is 6.65. The molecule has 0 radical (unpaired) electrons. The maximum atomic E-state index is 6.25. The highest BCUT2D eigenvalue weighted by Crippen LogP contribution is 2.21. The predicted molar refractivity (Wildman–Crippen MR) is 119 cm³/mol. The van der Waals surface area contributed by atoms with Gasteiger partial charge in [0.1, 0.15) is 0 Å². The number of nitrogens with one attached hydrogen (secondary N) is 2. The third-order valence-electron chi connectivity index (χ3n) is 3.57. The molecule has 138 valence electrons. The van der Waals surface area contributed by atoms with Crippen LogP contribution in [-0.4, -0.2) is 27.1 Å². The maximum absolute atomic E-state index is 6.25. The fraction of sp³-hybridized carbons (Fsp3) is 0.235. The van der Waals surface area contributed by atoms with E-state index in [4.69, 9.17) is 11.6 Å². The van der Waals surface area contributed by atoms with Crippen molar-refractivity contribution in [3.05, 3.63) is 63.5 Å². The number of pyridine rings is 1. The molecule has 9 heteroatoms. The van der Waals surface area contributed by atoms with Gasteiger partial charge in [-0.05, 0) is 36.8 Å². The lowest BCUT2D eigenvalue weighted by atomic mass is 10.2. The summed E-state index contributed by atoms with van der Waals surface area (Å²) in [6.45, 7) is 3.80. The summed E-state index contributed by atoms with van der Waals surface area (Å²) in [6, 6.07) is 11.6. The Morgan fingerprint density at radius 3 is 2.85 bits per heavy atom. The van der Waals surface area contributed by atoms with Crippen molar-refractivity contribution < 1.29 is 0 Å². The second kappa shape index (κ2) is 10.1. The molecule has 0 bridgehead atoms. The molecule has 2 heterocycles. The van der Waals surface area contributed by atoms with Gasteiger partial charge in [0, 0.05) is 22.2 Å². The lowest BCUT2D eigenvalue weighted by Gasteiger charge is -2.11. The highest BCUT2D eigenvalue weighted by Gasteiger charge is 2.06. The minimum Gasteiger partial charge on any atom is -0.357 e. The number of benzene rings is 1. The zero-order chi connectivity index (χ0) is 17.6. The Kier molecular flexibility index (Phi) is 8.11. The van der Waals surface area contributed by atoms with Crippen LogP contribution in [0.25, 0.3) is 5.65 Å². The molecule has 0 spiro atoms. The molecule has 26 heavy (non-hydrogen) atoms. The van der Waals surface area contributed by atoms with E-state index in [1.165, 1.54) is 0 Å². The fourth-order valence-corrected chi connectivity index (χ4v) is 3.06. The van der Waals surface area contributed by atoms with Gasteiger partial charge >= 0.3 is 0 Å². The van der Waals surface area contributed by atoms with Crippen LogP contribution in [-0.2, 0) is 13.1 Å². The Bertz CT molecular complexity index is 898. The van der Waals surface area contributed by atoms with Crippen LogP contribution in [0.3, 0.4) is 0 Å². The van der Waals surface area contributed by atoms with Crippen molar-refractivity contribution in [2.24, 2.45) is 4.99 Å². The van der Waals surface area contributed by atoms with Crippen LogP contribution in [0.15, 0.2) is 52.1 Å². The predicted octanol–water partition coefficient (Wildman–Crippen LogP) is 4.02. The first-order chi connectivity index (χ1) is 12.2. The van der Waals surface area contributed by atoms with Gasteiger partial charge in [-0.3, -0.25) is 4.40 Å². The van der Waals surface area contributed by atoms with E-state index in [9.17, 15) is 0 Å². The van der Waals surface area contributed by atoms with Gasteiger partial charge in [-0.15, -0.1) is 34.2 Å². The number of halogens is 3. The molecule has 2 aromatic heterocycles. The highest BCUT2D eigenvalue weighted by atomic mass is 127. The molecule has 0 aliphatic carbocycles. The molecule has 0 aliphatic heterocycles. The van der Waals surface area contributed by atoms with Crippen molar-refractivity contribution in [2.75, 3.05) is 6.54 Å². The van der Waals surface area contributed by atoms with E-state index in [0.717, 1.165) is 28.1 Å². The maximum Gasteiger partial charge on any atom is 0.191 e. The van der Waals surface area contributed by atoms with Gasteiger partial charge in [-0.25, -0.2) is 4.99 Å². The number of aromatic nitrogens is 3. The van der Waals surface area contributed by atoms with Crippen molar-refractivity contribution in [3.8, 4) is 0 Å². The monoisotopic (exact) mass is 548 g/mol. The summed E-state index contributed by atoms with van der Waals surface area (Å²) in [4.78, 5) is 4.59. The highest BCUT2D eigenvalue weighted by molar-refractivity contribution is 14.0. The van der Waals surface area contributed by atoms with Crippen LogP contribution in [0.2, 0.25) is 5.02 Å². The Labute approximate surface area is 182 Å². The minimum atomic E-state index is 0. The largest absolute Gasteiger partial charge is 0.357 e. The van der Waals surface area contributed by atoms with Crippen molar-refractivity contribution in [1.82, 2.24) is 25.2 Å². The number of aliphatic imine (C=N–C) groups is 1. The standard InChI is InChI=1S/C17H18BrClN6.HI/c1-2-20-17(21-10-12-6-7-13(18)9-14(12)19)22-11-16-24-23-15-5-3-4-8-25(15)16;/h3-9H,2,10-11H2,1H3,(H2,20,21,22);1H. The molecule has 0 amide bonds. The molecule has 0 atom stereocenters. The van der Waals surface area contributed by atoms with Gasteiger partial charge in [0.25, 0.3) is 0 Å². The van der Waals surface area contributed by atoms with Gasteiger partial charge in [0.05, 0.1) is 13.1 Å². The summed E-state index contributed by atoms with van der Waals surface area (Å²) >= 11 is 9.66. The Hall–Kier alpha value is -1.39. The van der Waals surface area contributed by atoms with Crippen LogP contribution in [0.1, 0.15) is 18.3 Å². The van der Waals surface area contributed by atoms with E-state index in [-0.39, 0.29) is 24.0 Å². The fourth-order valence-electron chi connectivity index (χ4n) is 2.33. The number of fused-ring (bicyclic) bond motifs is 1. The van der Waals surface area contributed by atoms with E-state index in [1.54, 1.807) is 0 Å². The van der Waals surface area contributed by atoms with Crippen LogP contribution in [0.5, 0.6) is 0 Å². The molecule has 1 aromatic carbocycles. The molecule has 0 saturated heterocycles. The molecule has 6 nitrogen and oxygen atoms in total. The van der Waals surface area contributed by atoms with Crippen molar-refractivity contribution in [3.63, 3.8) is 0 Å². The lowest BCUT2D eigenvalue weighted by Crippen LogP contribution is -2.37. The number of hydrogen-bond acceptors (Lipinski definition) is 3. The van der Waals surface area contributed by atoms with Crippen LogP contribution in [0, 0.1) is 0 Å². The second-order valence-electron chi connectivity index (χ2n) is 5.33. The zero-order valence-electron chi connectivity index (χ0n) is 14.1. The first-order valence-corrected chi connectivity index (χ1v) is 9.09. The van der Waals surface area contributed by atoms with Gasteiger partial charge in [0.15, 0.2) is 17.4 Å². The molecule has 0 aliphatic rings. The summed E-state index contributed by atoms with van der Waals surface area (Å²) in [5, 5.41) is 15.6. The summed E-state index contributed by atoms with van der Waals surface area (Å²) in [5.74, 6) is 1.53. The number of guanidine groups is 1. The van der Waals surface area contributed by atoms with E-state index in [0.29, 0.717) is 24.1 Å². The third-order valence-corrected chi connectivity index (χ3v) is 4.41. The lowest BCUT2D eigenvalue weighted by molar-refractivity contribution is 0.765. The van der Waals surface area contributed by atoms with Crippen LogP contribution >= 0.6 is 51.5 Å². The number of rotatable bonds is 5. The summed E-state index contributed by atoms with van der Waals surface area (Å²) in [7, 11) is 0. The topological polar surface area (TPSA) is 66.6 Å². The van der Waals surface area contributed by atoms with E-state index in [2.05, 4.69) is 41.8 Å². The molecule has 0 fully saturated rings. The Morgan fingerprint density at radius 2 is 2.08 bits per heavy atom. The molecular formula is C17H19BrClIN6. The molecule has 0 unspecified atom stereocenters. The van der Waals surface area contributed by atoms with Gasteiger partial charge in [-0.1, -0.05) is 39.7 Å². The third kappa shape index (κ3) is 5.31. The first-order valence-electron chi connectivity index (χ1n) is 7.92. The molecule has 2 N–H and O–H groups in total. The zero-order valence-corrected chi connectivity index (χ0v) is 18.8. The van der Waals surface area contributed by atoms with Crippen molar-refractivity contribution in [1.29, 1.82) is 0 Å². The first kappa shape index (κ1) is 20.9. The Morgan fingerprint density at radius 1 is 1.23 bits per heavy atom. The van der Waals surface area contributed by atoms with E-state index in [1.807, 2.05) is 53.9 Å². The van der Waals surface area contributed by atoms with Gasteiger partial charge in [0.2, 0.25) is 0 Å². The van der Waals surface area contributed by atoms with E-state index >= 15 is 0 Å². The average Bonchev–Trinajstić information content (AvgIpc) is 3.02. The average molecular weight is 550 g/mol. The summed E-state index contributed by atoms with van der Waals surface area (Å²) in [5.41, 5.74) is 1.79. The molecule has 3 aromatic rings. The smallest absolute Gasteiger partial charge is 0.191 e.